The Morgan fingerprint density at radius 3 is 3.17 bits per heavy atom. The Morgan fingerprint density at radius 1 is 1.61 bits per heavy atom. The van der Waals surface area contributed by atoms with Crippen LogP contribution in [0.5, 0.6) is 0 Å². The lowest BCUT2D eigenvalue weighted by atomic mass is 10.2. The van der Waals surface area contributed by atoms with Crippen molar-refractivity contribution in [1.82, 2.24) is 24.6 Å². The molecule has 1 fully saturated rings. The van der Waals surface area contributed by atoms with E-state index in [9.17, 15) is 4.79 Å². The largest absolute Gasteiger partial charge is 0.340 e. The maximum absolute atomic E-state index is 12.3. The van der Waals surface area contributed by atoms with E-state index >= 15 is 0 Å². The summed E-state index contributed by atoms with van der Waals surface area (Å²) in [5, 5.41) is 7.59. The number of aryl methyl sites for hydroxylation is 1. The van der Waals surface area contributed by atoms with Gasteiger partial charge in [0.15, 0.2) is 5.82 Å². The van der Waals surface area contributed by atoms with E-state index in [1.54, 1.807) is 11.8 Å². The van der Waals surface area contributed by atoms with E-state index < -0.39 is 0 Å². The number of carbonyl (C=O) groups is 1. The molecule has 0 aliphatic carbocycles. The summed E-state index contributed by atoms with van der Waals surface area (Å²) in [6.07, 6.45) is 3.29. The van der Waals surface area contributed by atoms with Crippen LogP contribution in [0.25, 0.3) is 0 Å². The number of nitrogens with zero attached hydrogens (tertiary/aromatic N) is 5. The van der Waals surface area contributed by atoms with Gasteiger partial charge in [-0.1, -0.05) is 9.64 Å². The highest BCUT2D eigenvalue weighted by molar-refractivity contribution is 7.07. The normalized spacial score (nSPS) is 19.4. The third-order valence-corrected chi connectivity index (χ3v) is 3.58. The zero-order chi connectivity index (χ0) is 12.5. The Hall–Kier alpha value is -1.83. The summed E-state index contributed by atoms with van der Waals surface area (Å²) in [6.45, 7) is 2.44. The van der Waals surface area contributed by atoms with Gasteiger partial charge in [-0.05, 0) is 24.4 Å². The Bertz CT molecular complexity index is 552. The molecular weight excluding hydrogens is 254 g/mol. The molecule has 94 valence electrons. The van der Waals surface area contributed by atoms with Crippen molar-refractivity contribution in [2.75, 3.05) is 6.54 Å². The fourth-order valence-corrected chi connectivity index (χ4v) is 2.60. The summed E-state index contributed by atoms with van der Waals surface area (Å²) in [7, 11) is 0. The Balaban J connectivity index is 1.85. The lowest BCUT2D eigenvalue weighted by Gasteiger charge is -2.20. The quantitative estimate of drug-likeness (QED) is 0.811. The van der Waals surface area contributed by atoms with Gasteiger partial charge in [0.1, 0.15) is 4.88 Å². The Kier molecular flexibility index (Phi) is 2.78. The van der Waals surface area contributed by atoms with Crippen LogP contribution in [0.1, 0.15) is 40.3 Å². The first-order chi connectivity index (χ1) is 8.75. The van der Waals surface area contributed by atoms with Crippen molar-refractivity contribution in [2.45, 2.75) is 25.8 Å². The molecule has 1 aliphatic rings. The molecule has 1 aliphatic heterocycles. The maximum atomic E-state index is 12.3. The van der Waals surface area contributed by atoms with Crippen LogP contribution >= 0.6 is 11.5 Å². The number of rotatable bonds is 2. The molecule has 1 amide bonds. The van der Waals surface area contributed by atoms with Crippen LogP contribution in [-0.2, 0) is 0 Å². The Labute approximate surface area is 107 Å². The molecule has 0 radical (unpaired) electrons. The summed E-state index contributed by atoms with van der Waals surface area (Å²) in [4.78, 5) is 18.8. The van der Waals surface area contributed by atoms with Gasteiger partial charge in [-0.3, -0.25) is 4.79 Å². The molecule has 0 unspecified atom stereocenters. The average Bonchev–Trinajstić information content (AvgIpc) is 3.09. The summed E-state index contributed by atoms with van der Waals surface area (Å²) in [5.41, 5.74) is 0. The highest BCUT2D eigenvalue weighted by atomic mass is 32.1. The minimum Gasteiger partial charge on any atom is -0.340 e. The molecule has 8 heteroatoms. The van der Waals surface area contributed by atoms with Crippen LogP contribution in [0, 0.1) is 6.92 Å². The van der Waals surface area contributed by atoms with Crippen LogP contribution in [0.3, 0.4) is 0 Å². The van der Waals surface area contributed by atoms with Gasteiger partial charge in [0.2, 0.25) is 5.89 Å². The van der Waals surface area contributed by atoms with E-state index in [0.29, 0.717) is 23.1 Å². The number of amides is 1. The van der Waals surface area contributed by atoms with Crippen molar-refractivity contribution in [3.8, 4) is 0 Å². The molecule has 1 atom stereocenters. The van der Waals surface area contributed by atoms with E-state index in [4.69, 9.17) is 4.52 Å². The first kappa shape index (κ1) is 11.3. The SMILES string of the molecule is Cc1nc([C@@H]2CCCN2C(=O)c2cnns2)no1. The molecule has 0 bridgehead atoms. The molecule has 3 rings (SSSR count). The minimum absolute atomic E-state index is 0.0602. The summed E-state index contributed by atoms with van der Waals surface area (Å²) in [5.74, 6) is 1.04. The standard InChI is InChI=1S/C10H11N5O2S/c1-6-12-9(13-17-6)7-3-2-4-15(7)10(16)8-5-11-14-18-8/h5,7H,2-4H2,1H3/t7-/m0/s1. The third-order valence-electron chi connectivity index (χ3n) is 2.93. The number of hydrogen-bond acceptors (Lipinski definition) is 7. The number of carbonyl (C=O) groups excluding carboxylic acids is 1. The zero-order valence-corrected chi connectivity index (χ0v) is 10.6. The fourth-order valence-electron chi connectivity index (χ4n) is 2.13. The van der Waals surface area contributed by atoms with E-state index in [2.05, 4.69) is 19.7 Å². The van der Waals surface area contributed by atoms with Crippen molar-refractivity contribution < 1.29 is 9.32 Å². The monoisotopic (exact) mass is 265 g/mol. The first-order valence-electron chi connectivity index (χ1n) is 5.64. The molecular formula is C10H11N5O2S. The smallest absolute Gasteiger partial charge is 0.267 e. The predicted octanol–water partition coefficient (Wildman–Crippen LogP) is 1.21. The highest BCUT2D eigenvalue weighted by Crippen LogP contribution is 2.31. The third kappa shape index (κ3) is 1.88. The molecule has 0 saturated carbocycles. The van der Waals surface area contributed by atoms with E-state index in [-0.39, 0.29) is 11.9 Å². The fraction of sp³-hybridized carbons (Fsp3) is 0.500. The molecule has 7 nitrogen and oxygen atoms in total. The Morgan fingerprint density at radius 2 is 2.50 bits per heavy atom. The summed E-state index contributed by atoms with van der Waals surface area (Å²) < 4.78 is 8.69. The van der Waals surface area contributed by atoms with Gasteiger partial charge in [0, 0.05) is 13.5 Å². The second-order valence-electron chi connectivity index (χ2n) is 4.11. The van der Waals surface area contributed by atoms with Gasteiger partial charge < -0.3 is 9.42 Å². The number of likely N-dealkylation sites (tertiary alicyclic amines) is 1. The van der Waals surface area contributed by atoms with Crippen molar-refractivity contribution in [2.24, 2.45) is 0 Å². The number of hydrogen-bond donors (Lipinski definition) is 0. The van der Waals surface area contributed by atoms with Gasteiger partial charge in [-0.2, -0.15) is 4.98 Å². The molecule has 18 heavy (non-hydrogen) atoms. The summed E-state index contributed by atoms with van der Waals surface area (Å²) in [6, 6.07) is -0.1000. The van der Waals surface area contributed by atoms with Crippen molar-refractivity contribution in [3.05, 3.63) is 22.8 Å². The molecule has 0 N–H and O–H groups in total. The van der Waals surface area contributed by atoms with E-state index in [1.807, 2.05) is 0 Å². The predicted molar refractivity (Wildman–Crippen MR) is 62.0 cm³/mol. The molecule has 1 saturated heterocycles. The molecule has 2 aromatic rings. The van der Waals surface area contributed by atoms with E-state index in [1.165, 1.54) is 6.20 Å². The average molecular weight is 265 g/mol. The minimum atomic E-state index is -0.1000. The highest BCUT2D eigenvalue weighted by Gasteiger charge is 2.34. The lowest BCUT2D eigenvalue weighted by molar-refractivity contribution is 0.0733. The topological polar surface area (TPSA) is 85.0 Å². The summed E-state index contributed by atoms with van der Waals surface area (Å²) >= 11 is 1.10. The van der Waals surface area contributed by atoms with Gasteiger partial charge in [0.05, 0.1) is 12.2 Å². The van der Waals surface area contributed by atoms with Gasteiger partial charge in [-0.25, -0.2) is 0 Å². The lowest BCUT2D eigenvalue weighted by Crippen LogP contribution is -2.30. The van der Waals surface area contributed by atoms with Crippen molar-refractivity contribution >= 4 is 17.4 Å². The van der Waals surface area contributed by atoms with Crippen molar-refractivity contribution in [3.63, 3.8) is 0 Å². The van der Waals surface area contributed by atoms with Gasteiger partial charge in [-0.15, -0.1) is 5.10 Å². The zero-order valence-electron chi connectivity index (χ0n) is 9.74. The van der Waals surface area contributed by atoms with Crippen LogP contribution in [-0.4, -0.2) is 37.1 Å². The van der Waals surface area contributed by atoms with E-state index in [0.717, 1.165) is 24.4 Å². The maximum Gasteiger partial charge on any atom is 0.267 e. The van der Waals surface area contributed by atoms with Crippen LogP contribution in [0.2, 0.25) is 0 Å². The molecule has 0 spiro atoms. The van der Waals surface area contributed by atoms with Gasteiger partial charge in [0.25, 0.3) is 5.91 Å². The second kappa shape index (κ2) is 4.45. The molecule has 0 aromatic carbocycles. The van der Waals surface area contributed by atoms with Gasteiger partial charge >= 0.3 is 0 Å². The number of aromatic nitrogens is 4. The molecule has 3 heterocycles. The van der Waals surface area contributed by atoms with Crippen molar-refractivity contribution in [1.29, 1.82) is 0 Å². The molecule has 2 aromatic heterocycles. The second-order valence-corrected chi connectivity index (χ2v) is 4.90. The van der Waals surface area contributed by atoms with Crippen LogP contribution in [0.15, 0.2) is 10.7 Å². The van der Waals surface area contributed by atoms with Crippen LogP contribution in [0.4, 0.5) is 0 Å². The van der Waals surface area contributed by atoms with Crippen LogP contribution < -0.4 is 0 Å². The first-order valence-corrected chi connectivity index (χ1v) is 6.41.